The van der Waals surface area contributed by atoms with Crippen LogP contribution >= 0.6 is 0 Å². The molecule has 1 amide bonds. The van der Waals surface area contributed by atoms with E-state index in [1.165, 1.54) is 25.7 Å². The number of aromatic nitrogens is 1. The van der Waals surface area contributed by atoms with Crippen LogP contribution in [0.1, 0.15) is 47.7 Å². The van der Waals surface area contributed by atoms with Crippen molar-refractivity contribution in [3.05, 3.63) is 77.5 Å². The molecule has 3 N–H and O–H groups in total. The van der Waals surface area contributed by atoms with Crippen molar-refractivity contribution in [1.82, 2.24) is 15.2 Å². The van der Waals surface area contributed by atoms with Gasteiger partial charge in [0, 0.05) is 24.2 Å². The minimum absolute atomic E-state index is 0.0426. The van der Waals surface area contributed by atoms with Gasteiger partial charge in [-0.05, 0) is 74.4 Å². The Hall–Kier alpha value is -4.20. The molecule has 0 bridgehead atoms. The number of nitrogens with one attached hydrogen (secondary N) is 1. The van der Waals surface area contributed by atoms with E-state index in [1.807, 2.05) is 30.3 Å². The number of benzene rings is 2. The van der Waals surface area contributed by atoms with Gasteiger partial charge in [-0.1, -0.05) is 42.5 Å². The van der Waals surface area contributed by atoms with Gasteiger partial charge in [-0.3, -0.25) is 9.78 Å². The summed E-state index contributed by atoms with van der Waals surface area (Å²) >= 11 is 0. The molecule has 238 valence electrons. The highest BCUT2D eigenvalue weighted by Crippen LogP contribution is 2.46. The first-order valence-electron chi connectivity index (χ1n) is 13.6. The number of carboxylic acid groups (broad SMARTS) is 2. The van der Waals surface area contributed by atoms with Crippen LogP contribution in [0.4, 0.5) is 26.3 Å². The number of aryl methyl sites for hydroxylation is 1. The van der Waals surface area contributed by atoms with Crippen LogP contribution in [0.25, 0.3) is 10.9 Å². The monoisotopic (exact) mass is 627 g/mol. The fraction of sp³-hybridized carbons (Fsp3) is 0.400. The second kappa shape index (κ2) is 14.1. The van der Waals surface area contributed by atoms with Crippen molar-refractivity contribution >= 4 is 28.7 Å². The van der Waals surface area contributed by atoms with Crippen LogP contribution in [0, 0.1) is 0 Å². The molecule has 1 fully saturated rings. The number of carbonyl (C=O) groups is 3. The summed E-state index contributed by atoms with van der Waals surface area (Å²) in [6.45, 7) is 5.20. The average molecular weight is 628 g/mol. The highest BCUT2D eigenvalue weighted by Gasteiger charge is 2.41. The number of pyridine rings is 1. The second-order valence-corrected chi connectivity index (χ2v) is 10.6. The van der Waals surface area contributed by atoms with Crippen molar-refractivity contribution in [3.8, 4) is 0 Å². The quantitative estimate of drug-likeness (QED) is 0.322. The summed E-state index contributed by atoms with van der Waals surface area (Å²) < 4.78 is 63.5. The van der Waals surface area contributed by atoms with Gasteiger partial charge < -0.3 is 20.4 Å². The number of para-hydroxylation sites is 1. The normalized spacial score (nSPS) is 16.5. The lowest BCUT2D eigenvalue weighted by Crippen LogP contribution is -2.47. The Morgan fingerprint density at radius 2 is 1.45 bits per heavy atom. The van der Waals surface area contributed by atoms with Crippen molar-refractivity contribution < 1.29 is 50.9 Å². The Bertz CT molecular complexity index is 1450. The Morgan fingerprint density at radius 1 is 0.909 bits per heavy atom. The molecule has 1 saturated heterocycles. The molecule has 5 rings (SSSR count). The molecule has 3 aromatic rings. The summed E-state index contributed by atoms with van der Waals surface area (Å²) in [4.78, 5) is 37.4. The number of piperidine rings is 1. The van der Waals surface area contributed by atoms with Crippen LogP contribution in [0.5, 0.6) is 0 Å². The number of amides is 1. The van der Waals surface area contributed by atoms with E-state index in [0.717, 1.165) is 30.5 Å². The number of alkyl halides is 6. The number of carbonyl (C=O) groups excluding carboxylic acids is 1. The van der Waals surface area contributed by atoms with E-state index in [0.29, 0.717) is 11.0 Å². The predicted octanol–water partition coefficient (Wildman–Crippen LogP) is 5.60. The van der Waals surface area contributed by atoms with E-state index in [4.69, 9.17) is 19.8 Å². The summed E-state index contributed by atoms with van der Waals surface area (Å²) in [5.41, 5.74) is 5.07. The zero-order chi connectivity index (χ0) is 32.7. The maximum absolute atomic E-state index is 12.7. The molecule has 2 aliphatic rings. The fourth-order valence-electron chi connectivity index (χ4n) is 5.38. The Labute approximate surface area is 248 Å². The number of nitrogens with zero attached hydrogens (tertiary/aromatic N) is 2. The van der Waals surface area contributed by atoms with Gasteiger partial charge in [-0.25, -0.2) is 9.59 Å². The maximum Gasteiger partial charge on any atom is 0.490 e. The van der Waals surface area contributed by atoms with Gasteiger partial charge >= 0.3 is 24.3 Å². The second-order valence-electron chi connectivity index (χ2n) is 10.6. The zero-order valence-corrected chi connectivity index (χ0v) is 23.6. The zero-order valence-electron chi connectivity index (χ0n) is 23.6. The van der Waals surface area contributed by atoms with E-state index in [-0.39, 0.29) is 11.9 Å². The topological polar surface area (TPSA) is 120 Å². The van der Waals surface area contributed by atoms with Crippen molar-refractivity contribution in [1.29, 1.82) is 0 Å². The van der Waals surface area contributed by atoms with Crippen LogP contribution in [0.3, 0.4) is 0 Å². The van der Waals surface area contributed by atoms with E-state index in [2.05, 4.69) is 46.4 Å². The molecule has 8 nitrogen and oxygen atoms in total. The molecule has 1 atom stereocenters. The summed E-state index contributed by atoms with van der Waals surface area (Å²) in [5, 5.41) is 18.4. The largest absolute Gasteiger partial charge is 0.490 e. The molecule has 0 saturated carbocycles. The number of rotatable bonds is 4. The van der Waals surface area contributed by atoms with E-state index >= 15 is 0 Å². The molecule has 1 aromatic heterocycles. The number of hydrogen-bond donors (Lipinski definition) is 3. The molecule has 2 heterocycles. The number of carboxylic acids is 2. The predicted molar refractivity (Wildman–Crippen MR) is 148 cm³/mol. The first kappa shape index (κ1) is 34.3. The number of fused-ring (bicyclic) bond motifs is 3. The molecule has 1 aliphatic carbocycles. The van der Waals surface area contributed by atoms with Gasteiger partial charge in [0.25, 0.3) is 5.91 Å². The number of hydrogen-bond acceptors (Lipinski definition) is 5. The van der Waals surface area contributed by atoms with E-state index < -0.39 is 24.3 Å². The van der Waals surface area contributed by atoms with Crippen LogP contribution in [0.15, 0.2) is 60.8 Å². The van der Waals surface area contributed by atoms with Crippen LogP contribution < -0.4 is 5.32 Å². The van der Waals surface area contributed by atoms with Gasteiger partial charge in [-0.2, -0.15) is 26.3 Å². The minimum Gasteiger partial charge on any atom is -0.475 e. The van der Waals surface area contributed by atoms with Gasteiger partial charge in [0.1, 0.15) is 0 Å². The molecule has 2 aromatic carbocycles. The molecule has 0 radical (unpaired) electrons. The van der Waals surface area contributed by atoms with Crippen molar-refractivity contribution in [3.63, 3.8) is 0 Å². The van der Waals surface area contributed by atoms with Crippen LogP contribution in [-0.2, 0) is 21.4 Å². The summed E-state index contributed by atoms with van der Waals surface area (Å²) in [7, 11) is 0. The smallest absolute Gasteiger partial charge is 0.475 e. The lowest BCUT2D eigenvalue weighted by molar-refractivity contribution is -0.193. The molecular weight excluding hydrogens is 596 g/mol. The Kier molecular flexibility index (Phi) is 11.0. The highest BCUT2D eigenvalue weighted by molar-refractivity contribution is 5.97. The number of likely N-dealkylation sites (tertiary alicyclic amines) is 1. The summed E-state index contributed by atoms with van der Waals surface area (Å²) in [6, 6.07) is 18.9. The van der Waals surface area contributed by atoms with Gasteiger partial charge in [-0.15, -0.1) is 0 Å². The van der Waals surface area contributed by atoms with Gasteiger partial charge in [0.2, 0.25) is 0 Å². The number of aliphatic carboxylic acids is 2. The molecule has 0 unspecified atom stereocenters. The molecule has 1 spiro atoms. The Morgan fingerprint density at radius 3 is 2.05 bits per heavy atom. The first-order chi connectivity index (χ1) is 20.5. The lowest BCUT2D eigenvalue weighted by atomic mass is 9.74. The fourth-order valence-corrected chi connectivity index (χ4v) is 5.38. The third-order valence-corrected chi connectivity index (χ3v) is 7.52. The third-order valence-electron chi connectivity index (χ3n) is 7.52. The molecule has 1 aliphatic heterocycles. The summed E-state index contributed by atoms with van der Waals surface area (Å²) in [5.74, 6) is -5.56. The van der Waals surface area contributed by atoms with Crippen molar-refractivity contribution in [2.75, 3.05) is 19.6 Å². The van der Waals surface area contributed by atoms with E-state index in [9.17, 15) is 31.1 Å². The third kappa shape index (κ3) is 9.15. The minimum atomic E-state index is -5.08. The average Bonchev–Trinajstić information content (AvgIpc) is 3.31. The maximum atomic E-state index is 12.7. The van der Waals surface area contributed by atoms with Gasteiger partial charge in [0.15, 0.2) is 0 Å². The van der Waals surface area contributed by atoms with Crippen LogP contribution in [-0.4, -0.2) is 76.0 Å². The van der Waals surface area contributed by atoms with Crippen molar-refractivity contribution in [2.45, 2.75) is 56.4 Å². The van der Waals surface area contributed by atoms with Gasteiger partial charge in [0.05, 0.1) is 11.1 Å². The molecule has 44 heavy (non-hydrogen) atoms. The standard InChI is InChI=1S/C26H29N3O.2C2HF3O2/c1-19(28-25(30)22-16-21-7-3-5-9-24(21)27-17-22)18-29-14-12-26(13-15-29)11-10-20-6-2-4-8-23(20)26;2*3-2(4,5)1(6)7/h2-9,16-17,19H,10-15,18H2,1H3,(H,28,30);2*(H,6,7)/t19-;;/m0../s1. The van der Waals surface area contributed by atoms with Crippen LogP contribution in [0.2, 0.25) is 0 Å². The van der Waals surface area contributed by atoms with Crippen molar-refractivity contribution in [2.24, 2.45) is 0 Å². The molecular formula is C30H31F6N3O5. The first-order valence-corrected chi connectivity index (χ1v) is 13.6. The lowest BCUT2D eigenvalue weighted by Gasteiger charge is -2.41. The molecule has 14 heteroatoms. The highest BCUT2D eigenvalue weighted by atomic mass is 19.4. The Balaban J connectivity index is 0.000000317. The summed E-state index contributed by atoms with van der Waals surface area (Å²) in [6.07, 6.45) is -3.53. The SMILES string of the molecule is C[C@@H](CN1CCC2(CCc3ccccc32)CC1)NC(=O)c1cnc2ccccc2c1.O=C(O)C(F)(F)F.O=C(O)C(F)(F)F. The van der Waals surface area contributed by atoms with E-state index in [1.54, 1.807) is 17.3 Å². The number of halogens is 6.